The fourth-order valence-corrected chi connectivity index (χ4v) is 8.54. The lowest BCUT2D eigenvalue weighted by molar-refractivity contribution is 0.455. The van der Waals surface area contributed by atoms with Crippen LogP contribution >= 0.6 is 23.5 Å². The molecule has 6 aromatic rings. The van der Waals surface area contributed by atoms with Crippen LogP contribution in [-0.4, -0.2) is 4.98 Å². The predicted octanol–water partition coefficient (Wildman–Crippen LogP) is 10.8. The van der Waals surface area contributed by atoms with Gasteiger partial charge in [-0.2, -0.15) is 0 Å². The van der Waals surface area contributed by atoms with E-state index in [1.165, 1.54) is 20.9 Å². The highest BCUT2D eigenvalue weighted by molar-refractivity contribution is 8.00. The van der Waals surface area contributed by atoms with Crippen molar-refractivity contribution in [2.45, 2.75) is 38.8 Å². The first kappa shape index (κ1) is 24.6. The van der Waals surface area contributed by atoms with Crippen molar-refractivity contribution < 1.29 is 4.74 Å². The van der Waals surface area contributed by atoms with Crippen LogP contribution in [0.2, 0.25) is 0 Å². The Kier molecular flexibility index (Phi) is 5.66. The Labute approximate surface area is 248 Å². The number of pyridine rings is 1. The van der Waals surface area contributed by atoms with E-state index >= 15 is 0 Å². The Morgan fingerprint density at radius 2 is 1.22 bits per heavy atom. The van der Waals surface area contributed by atoms with Crippen molar-refractivity contribution in [3.8, 4) is 11.5 Å². The molecule has 0 N–H and O–H groups in total. The highest BCUT2D eigenvalue weighted by atomic mass is 32.2. The van der Waals surface area contributed by atoms with Crippen LogP contribution in [0.1, 0.15) is 25.0 Å². The minimum atomic E-state index is -0.136. The summed E-state index contributed by atoms with van der Waals surface area (Å²) in [5.41, 5.74) is 6.78. The van der Waals surface area contributed by atoms with Gasteiger partial charge in [-0.25, -0.2) is 0 Å². The topological polar surface area (TPSA) is 25.4 Å². The summed E-state index contributed by atoms with van der Waals surface area (Å²) in [6, 6.07) is 40.7. The summed E-state index contributed by atoms with van der Waals surface area (Å²) in [6.07, 6.45) is 1.88. The van der Waals surface area contributed by atoms with Gasteiger partial charge in [0.05, 0.1) is 32.4 Å². The van der Waals surface area contributed by atoms with E-state index in [2.05, 4.69) is 116 Å². The second kappa shape index (κ2) is 9.44. The van der Waals surface area contributed by atoms with Gasteiger partial charge < -0.3 is 9.64 Å². The molecule has 0 radical (unpaired) electrons. The highest BCUT2D eigenvalue weighted by Gasteiger charge is 2.36. The van der Waals surface area contributed by atoms with Crippen molar-refractivity contribution in [1.29, 1.82) is 0 Å². The summed E-state index contributed by atoms with van der Waals surface area (Å²) in [7, 11) is 0. The SMILES string of the molecule is CC1(C)c2ccccc2Sc2c(N(c3cccc4c3Sc3ccccc3O4)c3cccc4cccnc34)cccc21. The second-order valence-electron chi connectivity index (χ2n) is 10.8. The van der Waals surface area contributed by atoms with Crippen LogP contribution in [0.4, 0.5) is 17.1 Å². The van der Waals surface area contributed by atoms with Gasteiger partial charge in [-0.05, 0) is 59.7 Å². The van der Waals surface area contributed by atoms with Gasteiger partial charge in [-0.3, -0.25) is 4.98 Å². The minimum absolute atomic E-state index is 0.136. The van der Waals surface area contributed by atoms with Crippen LogP contribution in [0.3, 0.4) is 0 Å². The second-order valence-corrected chi connectivity index (χ2v) is 12.9. The maximum absolute atomic E-state index is 6.45. The molecule has 0 bridgehead atoms. The Bertz CT molecular complexity index is 1980. The zero-order chi connectivity index (χ0) is 27.6. The van der Waals surface area contributed by atoms with Crippen molar-refractivity contribution in [1.82, 2.24) is 4.98 Å². The quantitative estimate of drug-likeness (QED) is 0.212. The van der Waals surface area contributed by atoms with E-state index in [9.17, 15) is 0 Å². The van der Waals surface area contributed by atoms with Crippen molar-refractivity contribution in [2.75, 3.05) is 4.90 Å². The molecular formula is C36H26N2OS2. The first-order chi connectivity index (χ1) is 20.1. The summed E-state index contributed by atoms with van der Waals surface area (Å²) in [5, 5.41) is 1.11. The van der Waals surface area contributed by atoms with Gasteiger partial charge in [0.15, 0.2) is 0 Å². The number of rotatable bonds is 3. The third-order valence-electron chi connectivity index (χ3n) is 8.01. The van der Waals surface area contributed by atoms with Gasteiger partial charge >= 0.3 is 0 Å². The largest absolute Gasteiger partial charge is 0.455 e. The summed E-state index contributed by atoms with van der Waals surface area (Å²) < 4.78 is 6.45. The average molecular weight is 567 g/mol. The molecule has 3 heterocycles. The standard InChI is InChI=1S/C36H26N2OS2/c1-36(2)24-13-3-5-20-31(24)40-34-25(36)14-8-16-27(34)38(26-15-7-11-23-12-10-22-37-33(23)26)28-17-9-19-30-35(28)41-32-21-6-4-18-29(32)39-30/h3-22H,1-2H3. The number of para-hydroxylation sites is 2. The van der Waals surface area contributed by atoms with E-state index in [-0.39, 0.29) is 5.41 Å². The fourth-order valence-electron chi connectivity index (χ4n) is 6.00. The number of anilines is 3. The van der Waals surface area contributed by atoms with E-state index in [0.717, 1.165) is 49.3 Å². The molecular weight excluding hydrogens is 541 g/mol. The van der Waals surface area contributed by atoms with E-state index in [1.54, 1.807) is 11.8 Å². The number of benzene rings is 5. The summed E-state index contributed by atoms with van der Waals surface area (Å²) in [5.74, 6) is 1.76. The zero-order valence-corrected chi connectivity index (χ0v) is 24.3. The molecule has 0 saturated carbocycles. The first-order valence-corrected chi connectivity index (χ1v) is 15.4. The molecule has 41 heavy (non-hydrogen) atoms. The van der Waals surface area contributed by atoms with Gasteiger partial charge in [0.25, 0.3) is 0 Å². The summed E-state index contributed by atoms with van der Waals surface area (Å²) in [4.78, 5) is 12.1. The van der Waals surface area contributed by atoms with Crippen LogP contribution in [0.25, 0.3) is 10.9 Å². The summed E-state index contributed by atoms with van der Waals surface area (Å²) in [6.45, 7) is 4.67. The molecule has 2 aliphatic heterocycles. The van der Waals surface area contributed by atoms with Crippen LogP contribution < -0.4 is 9.64 Å². The molecule has 0 unspecified atom stereocenters. The van der Waals surface area contributed by atoms with Gasteiger partial charge in [0.2, 0.25) is 0 Å². The van der Waals surface area contributed by atoms with Gasteiger partial charge in [-0.15, -0.1) is 0 Å². The van der Waals surface area contributed by atoms with Crippen LogP contribution in [0.5, 0.6) is 11.5 Å². The highest BCUT2D eigenvalue weighted by Crippen LogP contribution is 2.57. The van der Waals surface area contributed by atoms with Crippen molar-refractivity contribution in [3.05, 3.63) is 133 Å². The molecule has 198 valence electrons. The van der Waals surface area contributed by atoms with Crippen molar-refractivity contribution in [3.63, 3.8) is 0 Å². The van der Waals surface area contributed by atoms with Crippen LogP contribution in [0, 0.1) is 0 Å². The molecule has 0 fully saturated rings. The molecule has 0 spiro atoms. The number of ether oxygens (including phenoxy) is 1. The molecule has 0 amide bonds. The Morgan fingerprint density at radius 1 is 0.585 bits per heavy atom. The number of aromatic nitrogens is 1. The van der Waals surface area contributed by atoms with Crippen molar-refractivity contribution in [2.24, 2.45) is 0 Å². The molecule has 5 aromatic carbocycles. The molecule has 0 aliphatic carbocycles. The molecule has 5 heteroatoms. The van der Waals surface area contributed by atoms with Crippen LogP contribution in [-0.2, 0) is 5.41 Å². The Balaban J connectivity index is 1.41. The summed E-state index contributed by atoms with van der Waals surface area (Å²) >= 11 is 3.62. The smallest absolute Gasteiger partial charge is 0.143 e. The molecule has 1 aromatic heterocycles. The molecule has 2 aliphatic rings. The Morgan fingerprint density at radius 3 is 2.12 bits per heavy atom. The normalized spacial score (nSPS) is 14.3. The molecule has 0 atom stereocenters. The molecule has 0 saturated heterocycles. The predicted molar refractivity (Wildman–Crippen MR) is 170 cm³/mol. The number of fused-ring (bicyclic) bond motifs is 5. The minimum Gasteiger partial charge on any atom is -0.455 e. The van der Waals surface area contributed by atoms with E-state index < -0.39 is 0 Å². The Hall–Kier alpha value is -4.19. The maximum Gasteiger partial charge on any atom is 0.143 e. The lowest BCUT2D eigenvalue weighted by atomic mass is 9.77. The number of hydrogen-bond donors (Lipinski definition) is 0. The first-order valence-electron chi connectivity index (χ1n) is 13.7. The molecule has 8 rings (SSSR count). The van der Waals surface area contributed by atoms with Crippen molar-refractivity contribution >= 4 is 51.5 Å². The van der Waals surface area contributed by atoms with Gasteiger partial charge in [-0.1, -0.05) is 104 Å². The zero-order valence-electron chi connectivity index (χ0n) is 22.7. The average Bonchev–Trinajstić information content (AvgIpc) is 3.01. The molecule has 3 nitrogen and oxygen atoms in total. The van der Waals surface area contributed by atoms with E-state index in [4.69, 9.17) is 9.72 Å². The third kappa shape index (κ3) is 3.87. The van der Waals surface area contributed by atoms with E-state index in [1.807, 2.05) is 36.2 Å². The number of nitrogens with zero attached hydrogens (tertiary/aromatic N) is 2. The third-order valence-corrected chi connectivity index (χ3v) is 10.4. The van der Waals surface area contributed by atoms with Gasteiger partial charge in [0.1, 0.15) is 11.5 Å². The fraction of sp³-hybridized carbons (Fsp3) is 0.0833. The van der Waals surface area contributed by atoms with Gasteiger partial charge in [0, 0.05) is 26.8 Å². The number of hydrogen-bond acceptors (Lipinski definition) is 5. The van der Waals surface area contributed by atoms with E-state index in [0.29, 0.717) is 0 Å². The van der Waals surface area contributed by atoms with Crippen LogP contribution in [0.15, 0.2) is 141 Å². The lowest BCUT2D eigenvalue weighted by Gasteiger charge is -2.38. The lowest BCUT2D eigenvalue weighted by Crippen LogP contribution is -2.25. The monoisotopic (exact) mass is 566 g/mol. The maximum atomic E-state index is 6.45.